The standard InChI is InChI=1S/C9H15N3O/c1-7-9(5-11-12(7)2)3-8(4-10)6-13/h5-6,8H,3-4,10H2,1-2H3. The molecular weight excluding hydrogens is 166 g/mol. The van der Waals surface area contributed by atoms with Gasteiger partial charge in [0.25, 0.3) is 0 Å². The summed E-state index contributed by atoms with van der Waals surface area (Å²) in [5, 5.41) is 4.10. The molecule has 0 aliphatic heterocycles. The van der Waals surface area contributed by atoms with Crippen LogP contribution in [0.5, 0.6) is 0 Å². The molecule has 2 N–H and O–H groups in total. The first-order valence-corrected chi connectivity index (χ1v) is 4.32. The van der Waals surface area contributed by atoms with Crippen LogP contribution in [0.1, 0.15) is 11.3 Å². The van der Waals surface area contributed by atoms with Gasteiger partial charge in [0, 0.05) is 25.2 Å². The van der Waals surface area contributed by atoms with Gasteiger partial charge in [-0.25, -0.2) is 0 Å². The minimum absolute atomic E-state index is 0.0806. The summed E-state index contributed by atoms with van der Waals surface area (Å²) < 4.78 is 1.80. The van der Waals surface area contributed by atoms with Crippen LogP contribution in [-0.2, 0) is 18.3 Å². The van der Waals surface area contributed by atoms with E-state index in [2.05, 4.69) is 5.10 Å². The number of hydrogen-bond donors (Lipinski definition) is 1. The molecule has 1 rings (SSSR count). The van der Waals surface area contributed by atoms with Crippen LogP contribution in [-0.4, -0.2) is 22.6 Å². The summed E-state index contributed by atoms with van der Waals surface area (Å²) in [5.41, 5.74) is 7.63. The second kappa shape index (κ2) is 4.18. The fraction of sp³-hybridized carbons (Fsp3) is 0.556. The van der Waals surface area contributed by atoms with Gasteiger partial charge < -0.3 is 10.5 Å². The molecule has 0 fully saturated rings. The molecular formula is C9H15N3O. The number of nitrogens with zero attached hydrogens (tertiary/aromatic N) is 2. The lowest BCUT2D eigenvalue weighted by Crippen LogP contribution is -2.18. The lowest BCUT2D eigenvalue weighted by molar-refractivity contribution is -0.110. The average molecular weight is 181 g/mol. The van der Waals surface area contributed by atoms with Crippen molar-refractivity contribution in [3.63, 3.8) is 0 Å². The predicted molar refractivity (Wildman–Crippen MR) is 50.3 cm³/mol. The van der Waals surface area contributed by atoms with E-state index in [1.165, 1.54) is 0 Å². The molecule has 4 nitrogen and oxygen atoms in total. The molecule has 0 aliphatic rings. The number of aryl methyl sites for hydroxylation is 1. The predicted octanol–water partition coefficient (Wildman–Crippen LogP) is 0.0448. The highest BCUT2D eigenvalue weighted by molar-refractivity contribution is 5.54. The molecule has 0 amide bonds. The highest BCUT2D eigenvalue weighted by Gasteiger charge is 2.10. The Bertz CT molecular complexity index is 293. The summed E-state index contributed by atoms with van der Waals surface area (Å²) in [6.07, 6.45) is 3.40. The normalized spacial score (nSPS) is 12.8. The first-order chi connectivity index (χ1) is 6.19. The number of rotatable bonds is 4. The Balaban J connectivity index is 2.73. The summed E-state index contributed by atoms with van der Waals surface area (Å²) >= 11 is 0. The summed E-state index contributed by atoms with van der Waals surface area (Å²) in [6, 6.07) is 0. The van der Waals surface area contributed by atoms with Gasteiger partial charge in [0.2, 0.25) is 0 Å². The SMILES string of the molecule is Cc1c(CC(C=O)CN)cnn1C. The van der Waals surface area contributed by atoms with Gasteiger partial charge in [0.05, 0.1) is 6.20 Å². The van der Waals surface area contributed by atoms with Gasteiger partial charge >= 0.3 is 0 Å². The highest BCUT2D eigenvalue weighted by atomic mass is 16.1. The van der Waals surface area contributed by atoms with Gasteiger partial charge in [-0.15, -0.1) is 0 Å². The second-order valence-electron chi connectivity index (χ2n) is 3.21. The molecule has 1 heterocycles. The minimum atomic E-state index is -0.0806. The molecule has 0 spiro atoms. The van der Waals surface area contributed by atoms with Gasteiger partial charge in [-0.1, -0.05) is 0 Å². The van der Waals surface area contributed by atoms with E-state index in [0.29, 0.717) is 13.0 Å². The fourth-order valence-electron chi connectivity index (χ4n) is 1.21. The first kappa shape index (κ1) is 9.92. The van der Waals surface area contributed by atoms with Crippen LogP contribution in [0.3, 0.4) is 0 Å². The number of aldehydes is 1. The number of nitrogens with two attached hydrogens (primary N) is 1. The third-order valence-corrected chi connectivity index (χ3v) is 2.31. The molecule has 1 atom stereocenters. The van der Waals surface area contributed by atoms with Crippen LogP contribution in [0.2, 0.25) is 0 Å². The van der Waals surface area contributed by atoms with Crippen molar-refractivity contribution >= 4 is 6.29 Å². The van der Waals surface area contributed by atoms with Crippen molar-refractivity contribution in [1.29, 1.82) is 0 Å². The molecule has 0 bridgehead atoms. The minimum Gasteiger partial charge on any atom is -0.330 e. The van der Waals surface area contributed by atoms with Crippen molar-refractivity contribution < 1.29 is 4.79 Å². The van der Waals surface area contributed by atoms with E-state index in [9.17, 15) is 4.79 Å². The molecule has 1 aromatic heterocycles. The largest absolute Gasteiger partial charge is 0.330 e. The lowest BCUT2D eigenvalue weighted by atomic mass is 10.0. The molecule has 1 unspecified atom stereocenters. The topological polar surface area (TPSA) is 60.9 Å². The van der Waals surface area contributed by atoms with E-state index in [1.807, 2.05) is 14.0 Å². The van der Waals surface area contributed by atoms with E-state index >= 15 is 0 Å². The zero-order valence-electron chi connectivity index (χ0n) is 8.03. The van der Waals surface area contributed by atoms with Crippen LogP contribution in [0, 0.1) is 12.8 Å². The molecule has 0 saturated carbocycles. The van der Waals surface area contributed by atoms with E-state index < -0.39 is 0 Å². The van der Waals surface area contributed by atoms with Gasteiger partial charge in [0.15, 0.2) is 0 Å². The van der Waals surface area contributed by atoms with Crippen molar-refractivity contribution in [2.24, 2.45) is 18.7 Å². The molecule has 1 aromatic rings. The maximum atomic E-state index is 10.6. The second-order valence-corrected chi connectivity index (χ2v) is 3.21. The van der Waals surface area contributed by atoms with Crippen LogP contribution in [0.15, 0.2) is 6.20 Å². The Morgan fingerprint density at radius 3 is 2.85 bits per heavy atom. The van der Waals surface area contributed by atoms with Gasteiger partial charge in [-0.2, -0.15) is 5.10 Å². The monoisotopic (exact) mass is 181 g/mol. The Morgan fingerprint density at radius 2 is 2.46 bits per heavy atom. The van der Waals surface area contributed by atoms with E-state index in [1.54, 1.807) is 10.9 Å². The van der Waals surface area contributed by atoms with Crippen molar-refractivity contribution in [2.45, 2.75) is 13.3 Å². The maximum absolute atomic E-state index is 10.6. The fourth-order valence-corrected chi connectivity index (χ4v) is 1.21. The number of hydrogen-bond acceptors (Lipinski definition) is 3. The highest BCUT2D eigenvalue weighted by Crippen LogP contribution is 2.10. The molecule has 0 aliphatic carbocycles. The van der Waals surface area contributed by atoms with Gasteiger partial charge in [-0.3, -0.25) is 4.68 Å². The Labute approximate surface area is 77.7 Å². The van der Waals surface area contributed by atoms with Gasteiger partial charge in [-0.05, 0) is 18.9 Å². The van der Waals surface area contributed by atoms with Crippen LogP contribution in [0.4, 0.5) is 0 Å². The summed E-state index contributed by atoms with van der Waals surface area (Å²) in [6.45, 7) is 2.39. The summed E-state index contributed by atoms with van der Waals surface area (Å²) in [5.74, 6) is -0.0806. The zero-order chi connectivity index (χ0) is 9.84. The molecule has 0 saturated heterocycles. The molecule has 4 heteroatoms. The van der Waals surface area contributed by atoms with Crippen molar-refractivity contribution in [1.82, 2.24) is 9.78 Å². The third kappa shape index (κ3) is 2.15. The number of carbonyl (C=O) groups excluding carboxylic acids is 1. The Kier molecular flexibility index (Phi) is 3.19. The van der Waals surface area contributed by atoms with Crippen LogP contribution in [0.25, 0.3) is 0 Å². The first-order valence-electron chi connectivity index (χ1n) is 4.32. The quantitative estimate of drug-likeness (QED) is 0.667. The number of carbonyl (C=O) groups is 1. The maximum Gasteiger partial charge on any atom is 0.124 e. The zero-order valence-corrected chi connectivity index (χ0v) is 8.03. The number of aromatic nitrogens is 2. The van der Waals surface area contributed by atoms with Crippen molar-refractivity contribution in [2.75, 3.05) is 6.54 Å². The molecule has 13 heavy (non-hydrogen) atoms. The Morgan fingerprint density at radius 1 is 1.77 bits per heavy atom. The van der Waals surface area contributed by atoms with E-state index in [0.717, 1.165) is 17.5 Å². The smallest absolute Gasteiger partial charge is 0.124 e. The Hall–Kier alpha value is -1.16. The van der Waals surface area contributed by atoms with Crippen molar-refractivity contribution in [3.8, 4) is 0 Å². The van der Waals surface area contributed by atoms with E-state index in [4.69, 9.17) is 5.73 Å². The lowest BCUT2D eigenvalue weighted by Gasteiger charge is -2.05. The van der Waals surface area contributed by atoms with E-state index in [-0.39, 0.29) is 5.92 Å². The van der Waals surface area contributed by atoms with Crippen molar-refractivity contribution in [3.05, 3.63) is 17.5 Å². The van der Waals surface area contributed by atoms with Crippen LogP contribution >= 0.6 is 0 Å². The summed E-state index contributed by atoms with van der Waals surface area (Å²) in [7, 11) is 1.89. The molecule has 0 aromatic carbocycles. The van der Waals surface area contributed by atoms with Gasteiger partial charge in [0.1, 0.15) is 6.29 Å². The average Bonchev–Trinajstić information content (AvgIpc) is 2.45. The molecule has 0 radical (unpaired) electrons. The molecule has 72 valence electrons. The third-order valence-electron chi connectivity index (χ3n) is 2.31. The van der Waals surface area contributed by atoms with Crippen LogP contribution < -0.4 is 5.73 Å². The summed E-state index contributed by atoms with van der Waals surface area (Å²) in [4.78, 5) is 10.6.